The van der Waals surface area contributed by atoms with Crippen LogP contribution < -0.4 is 10.6 Å². The van der Waals surface area contributed by atoms with E-state index in [2.05, 4.69) is 41.6 Å². The molecule has 0 unspecified atom stereocenters. The Balaban J connectivity index is 1.80. The van der Waals surface area contributed by atoms with Crippen LogP contribution in [0.3, 0.4) is 0 Å². The zero-order valence-electron chi connectivity index (χ0n) is 12.6. The van der Waals surface area contributed by atoms with Gasteiger partial charge in [0, 0.05) is 25.0 Å². The predicted octanol–water partition coefficient (Wildman–Crippen LogP) is 4.07. The summed E-state index contributed by atoms with van der Waals surface area (Å²) in [7, 11) is 2.28. The van der Waals surface area contributed by atoms with Gasteiger partial charge < -0.3 is 10.6 Å². The van der Waals surface area contributed by atoms with Gasteiger partial charge in [-0.1, -0.05) is 25.3 Å². The summed E-state index contributed by atoms with van der Waals surface area (Å²) in [5, 5.41) is 6.73. The van der Waals surface area contributed by atoms with Crippen molar-refractivity contribution in [2.75, 3.05) is 17.7 Å². The quantitative estimate of drug-likeness (QED) is 0.868. The third kappa shape index (κ3) is 2.68. The average Bonchev–Trinajstić information content (AvgIpc) is 2.51. The molecule has 108 valence electrons. The second-order valence-electron chi connectivity index (χ2n) is 6.11. The Labute approximate surface area is 122 Å². The van der Waals surface area contributed by atoms with Crippen molar-refractivity contribution in [3.05, 3.63) is 35.7 Å². The molecule has 2 aliphatic rings. The van der Waals surface area contributed by atoms with Gasteiger partial charge in [0.05, 0.1) is 11.4 Å². The van der Waals surface area contributed by atoms with E-state index in [1.165, 1.54) is 54.6 Å². The Bertz CT molecular complexity index is 501. The molecule has 1 aromatic carbocycles. The Morgan fingerprint density at radius 1 is 1.10 bits per heavy atom. The molecule has 0 amide bonds. The number of benzene rings is 1. The molecule has 3 nitrogen and oxygen atoms in total. The highest BCUT2D eigenvalue weighted by molar-refractivity contribution is 5.77. The molecule has 1 aliphatic heterocycles. The van der Waals surface area contributed by atoms with Gasteiger partial charge in [-0.15, -0.1) is 0 Å². The van der Waals surface area contributed by atoms with E-state index in [9.17, 15) is 0 Å². The molecule has 0 bridgehead atoms. The smallest absolute Gasteiger partial charge is 0.0667 e. The third-order valence-electron chi connectivity index (χ3n) is 4.70. The molecule has 0 radical (unpaired) electrons. The first-order chi connectivity index (χ1) is 9.75. The Hall–Kier alpha value is -1.48. The number of fused-ring (bicyclic) bond motifs is 1. The number of hydrogen-bond donors (Lipinski definition) is 2. The molecule has 0 atom stereocenters. The van der Waals surface area contributed by atoms with Crippen molar-refractivity contribution in [1.29, 1.82) is 0 Å². The Morgan fingerprint density at radius 2 is 1.85 bits per heavy atom. The maximum Gasteiger partial charge on any atom is 0.0667 e. The molecule has 1 aliphatic carbocycles. The number of nitrogens with zero attached hydrogens (tertiary/aromatic N) is 1. The summed E-state index contributed by atoms with van der Waals surface area (Å²) < 4.78 is 0. The zero-order chi connectivity index (χ0) is 13.9. The highest BCUT2D eigenvalue weighted by atomic mass is 15.1. The van der Waals surface area contributed by atoms with Crippen LogP contribution in [0.1, 0.15) is 43.2 Å². The third-order valence-corrected chi connectivity index (χ3v) is 4.70. The summed E-state index contributed by atoms with van der Waals surface area (Å²) in [6, 6.07) is 5.13. The van der Waals surface area contributed by atoms with E-state index in [1.54, 1.807) is 0 Å². The van der Waals surface area contributed by atoms with Crippen molar-refractivity contribution in [3.63, 3.8) is 0 Å². The van der Waals surface area contributed by atoms with Crippen LogP contribution in [0.4, 0.5) is 11.4 Å². The van der Waals surface area contributed by atoms with Gasteiger partial charge >= 0.3 is 0 Å². The summed E-state index contributed by atoms with van der Waals surface area (Å²) in [6.07, 6.45) is 10.8. The summed E-state index contributed by atoms with van der Waals surface area (Å²) in [5.41, 5.74) is 5.23. The predicted molar refractivity (Wildman–Crippen MR) is 85.9 cm³/mol. The fourth-order valence-corrected chi connectivity index (χ4v) is 3.40. The molecule has 1 fully saturated rings. The van der Waals surface area contributed by atoms with Gasteiger partial charge in [0.2, 0.25) is 0 Å². The average molecular weight is 271 g/mol. The second kappa shape index (κ2) is 5.88. The van der Waals surface area contributed by atoms with Gasteiger partial charge in [-0.05, 0) is 44.0 Å². The van der Waals surface area contributed by atoms with E-state index >= 15 is 0 Å². The second-order valence-corrected chi connectivity index (χ2v) is 6.11. The molecule has 0 saturated heterocycles. The van der Waals surface area contributed by atoms with Gasteiger partial charge in [0.25, 0.3) is 0 Å². The van der Waals surface area contributed by atoms with Crippen molar-refractivity contribution in [1.82, 2.24) is 4.90 Å². The lowest BCUT2D eigenvalue weighted by Gasteiger charge is -2.32. The van der Waals surface area contributed by atoms with Crippen molar-refractivity contribution in [3.8, 4) is 0 Å². The monoisotopic (exact) mass is 271 g/mol. The molecular weight excluding hydrogens is 246 g/mol. The van der Waals surface area contributed by atoms with Crippen molar-refractivity contribution in [2.45, 2.75) is 51.6 Å². The van der Waals surface area contributed by atoms with Crippen LogP contribution in [0.5, 0.6) is 0 Å². The summed E-state index contributed by atoms with van der Waals surface area (Å²) in [6.45, 7) is 3.24. The molecule has 1 aromatic rings. The normalized spacial score (nSPS) is 18.6. The molecule has 2 N–H and O–H groups in total. The van der Waals surface area contributed by atoms with Crippen LogP contribution in [-0.4, -0.2) is 18.0 Å². The Morgan fingerprint density at radius 3 is 2.65 bits per heavy atom. The lowest BCUT2D eigenvalue weighted by Crippen LogP contribution is -2.33. The van der Waals surface area contributed by atoms with Gasteiger partial charge in [0.15, 0.2) is 0 Å². The van der Waals surface area contributed by atoms with Gasteiger partial charge in [-0.3, -0.25) is 4.90 Å². The van der Waals surface area contributed by atoms with Crippen molar-refractivity contribution >= 4 is 11.4 Å². The van der Waals surface area contributed by atoms with E-state index in [-0.39, 0.29) is 0 Å². The lowest BCUT2D eigenvalue weighted by atomic mass is 9.93. The largest absolute Gasteiger partial charge is 0.359 e. The standard InChI is InChI=1S/C17H25N3/c1-13-8-9-16-17(19-11-10-18-16)15(13)12-20(2)14-6-4-3-5-7-14/h8-11,14,18-19H,3-7,12H2,1-2H3. The number of nitrogens with one attached hydrogen (secondary N) is 2. The minimum atomic E-state index is 0.756. The van der Waals surface area contributed by atoms with Crippen molar-refractivity contribution in [2.24, 2.45) is 0 Å². The van der Waals surface area contributed by atoms with E-state index in [0.29, 0.717) is 0 Å². The fraction of sp³-hybridized carbons (Fsp3) is 0.529. The molecule has 0 aromatic heterocycles. The van der Waals surface area contributed by atoms with Gasteiger partial charge in [0.1, 0.15) is 0 Å². The van der Waals surface area contributed by atoms with E-state index in [1.807, 2.05) is 12.4 Å². The molecular formula is C17H25N3. The highest BCUT2D eigenvalue weighted by Gasteiger charge is 2.20. The minimum absolute atomic E-state index is 0.756. The van der Waals surface area contributed by atoms with Gasteiger partial charge in [-0.25, -0.2) is 0 Å². The molecule has 3 rings (SSSR count). The number of rotatable bonds is 3. The topological polar surface area (TPSA) is 27.3 Å². The lowest BCUT2D eigenvalue weighted by molar-refractivity contribution is 0.184. The van der Waals surface area contributed by atoms with Crippen molar-refractivity contribution < 1.29 is 0 Å². The summed E-state index contributed by atoms with van der Waals surface area (Å²) in [4.78, 5) is 2.54. The molecule has 1 saturated carbocycles. The van der Waals surface area contributed by atoms with Gasteiger partial charge in [-0.2, -0.15) is 0 Å². The van der Waals surface area contributed by atoms with Crippen LogP contribution >= 0.6 is 0 Å². The van der Waals surface area contributed by atoms with Crippen LogP contribution in [0.25, 0.3) is 0 Å². The maximum atomic E-state index is 3.41. The summed E-state index contributed by atoms with van der Waals surface area (Å²) >= 11 is 0. The Kier molecular flexibility index (Phi) is 3.97. The number of aryl methyl sites for hydroxylation is 1. The SMILES string of the molecule is Cc1ccc2c(c1CN(C)C1CCCCC1)NC=CN2. The first-order valence-corrected chi connectivity index (χ1v) is 7.76. The minimum Gasteiger partial charge on any atom is -0.359 e. The van der Waals surface area contributed by atoms with Crippen LogP contribution in [0.15, 0.2) is 24.5 Å². The fourth-order valence-electron chi connectivity index (χ4n) is 3.40. The van der Waals surface area contributed by atoms with E-state index in [0.717, 1.165) is 12.6 Å². The molecule has 3 heteroatoms. The molecule has 1 heterocycles. The highest BCUT2D eigenvalue weighted by Crippen LogP contribution is 2.33. The summed E-state index contributed by atoms with van der Waals surface area (Å²) in [5.74, 6) is 0. The molecule has 20 heavy (non-hydrogen) atoms. The van der Waals surface area contributed by atoms with Crippen LogP contribution in [0, 0.1) is 6.92 Å². The number of hydrogen-bond acceptors (Lipinski definition) is 3. The number of anilines is 2. The van der Waals surface area contributed by atoms with E-state index < -0.39 is 0 Å². The van der Waals surface area contributed by atoms with Crippen LogP contribution in [-0.2, 0) is 6.54 Å². The van der Waals surface area contributed by atoms with Crippen LogP contribution in [0.2, 0.25) is 0 Å². The van der Waals surface area contributed by atoms with E-state index in [4.69, 9.17) is 0 Å². The zero-order valence-corrected chi connectivity index (χ0v) is 12.6. The maximum absolute atomic E-state index is 3.41. The molecule has 0 spiro atoms. The first-order valence-electron chi connectivity index (χ1n) is 7.76. The first kappa shape index (κ1) is 13.5.